The molecule has 3 heterocycles. The molecule has 7 atom stereocenters. The lowest BCUT2D eigenvalue weighted by molar-refractivity contribution is -0.337. The Morgan fingerprint density at radius 1 is 1.06 bits per heavy atom. The molecule has 12 heteroatoms. The Kier molecular flexibility index (Phi) is 8.05. The molecule has 0 amide bonds. The molecule has 0 aliphatic carbocycles. The van der Waals surface area contributed by atoms with Crippen molar-refractivity contribution in [3.8, 4) is 0 Å². The zero-order chi connectivity index (χ0) is 25.0. The summed E-state index contributed by atoms with van der Waals surface area (Å²) in [6, 6.07) is 0. The van der Waals surface area contributed by atoms with Gasteiger partial charge in [-0.15, -0.1) is 6.58 Å². The molecule has 186 valence electrons. The van der Waals surface area contributed by atoms with Crippen molar-refractivity contribution in [3.63, 3.8) is 0 Å². The maximum Gasteiger partial charge on any atom is 0.341 e. The first-order valence-electron chi connectivity index (χ1n) is 10.4. The highest BCUT2D eigenvalue weighted by Gasteiger charge is 2.54. The van der Waals surface area contributed by atoms with E-state index < -0.39 is 73.5 Å². The molecule has 0 radical (unpaired) electrons. The molecule has 0 aromatic carbocycles. The quantitative estimate of drug-likeness (QED) is 0.291. The van der Waals surface area contributed by atoms with E-state index in [0.717, 1.165) is 27.0 Å². The van der Waals surface area contributed by atoms with Crippen LogP contribution in [0.2, 0.25) is 0 Å². The predicted molar refractivity (Wildman–Crippen MR) is 108 cm³/mol. The Morgan fingerprint density at radius 2 is 1.68 bits per heavy atom. The minimum Gasteiger partial charge on any atom is -0.471 e. The van der Waals surface area contributed by atoms with Crippen LogP contribution in [0.1, 0.15) is 20.8 Å². The molecule has 3 aliphatic rings. The van der Waals surface area contributed by atoms with Gasteiger partial charge >= 0.3 is 23.9 Å². The molecular weight excluding hydrogens is 459 g/mol. The third-order valence-electron chi connectivity index (χ3n) is 5.19. The lowest BCUT2D eigenvalue weighted by Gasteiger charge is -2.45. The van der Waals surface area contributed by atoms with Crippen molar-refractivity contribution in [1.29, 1.82) is 0 Å². The van der Waals surface area contributed by atoms with E-state index in [9.17, 15) is 23.6 Å². The molecule has 0 unspecified atom stereocenters. The van der Waals surface area contributed by atoms with Gasteiger partial charge in [0.25, 0.3) is 0 Å². The fraction of sp³-hybridized carbons (Fsp3) is 0.545. The van der Waals surface area contributed by atoms with E-state index in [1.165, 1.54) is 6.08 Å². The van der Waals surface area contributed by atoms with Gasteiger partial charge in [0.2, 0.25) is 12.6 Å². The average molecular weight is 484 g/mol. The maximum absolute atomic E-state index is 13.9. The molecule has 1 fully saturated rings. The zero-order valence-corrected chi connectivity index (χ0v) is 18.8. The number of esters is 4. The summed E-state index contributed by atoms with van der Waals surface area (Å²) in [5.74, 6) is -3.62. The molecule has 1 saturated heterocycles. The van der Waals surface area contributed by atoms with Crippen LogP contribution in [0.15, 0.2) is 36.1 Å². The van der Waals surface area contributed by atoms with Crippen molar-refractivity contribution in [2.45, 2.75) is 57.8 Å². The third kappa shape index (κ3) is 5.45. The first kappa shape index (κ1) is 25.4. The van der Waals surface area contributed by atoms with Gasteiger partial charge in [0, 0.05) is 20.8 Å². The topological polar surface area (TPSA) is 133 Å². The van der Waals surface area contributed by atoms with Crippen LogP contribution in [-0.2, 0) is 52.3 Å². The summed E-state index contributed by atoms with van der Waals surface area (Å²) in [6.45, 7) is 5.92. The average Bonchev–Trinajstić information content (AvgIpc) is 2.76. The number of alkyl halides is 1. The number of halogens is 1. The molecule has 0 aromatic heterocycles. The normalized spacial score (nSPS) is 32.6. The van der Waals surface area contributed by atoms with Gasteiger partial charge in [0.05, 0.1) is 11.5 Å². The van der Waals surface area contributed by atoms with E-state index in [1.807, 2.05) is 0 Å². The predicted octanol–water partition coefficient (Wildman–Crippen LogP) is 1.02. The fourth-order valence-corrected chi connectivity index (χ4v) is 3.89. The van der Waals surface area contributed by atoms with Gasteiger partial charge in [0.15, 0.2) is 18.3 Å². The van der Waals surface area contributed by atoms with Crippen LogP contribution >= 0.6 is 0 Å². The molecule has 3 aliphatic heterocycles. The van der Waals surface area contributed by atoms with Gasteiger partial charge in [-0.1, -0.05) is 6.08 Å². The highest BCUT2D eigenvalue weighted by molar-refractivity contribution is 5.94. The Morgan fingerprint density at radius 3 is 2.26 bits per heavy atom. The molecular formula is C22H25FO11. The van der Waals surface area contributed by atoms with Gasteiger partial charge in [-0.3, -0.25) is 14.4 Å². The highest BCUT2D eigenvalue weighted by Crippen LogP contribution is 2.37. The van der Waals surface area contributed by atoms with Crippen molar-refractivity contribution >= 4 is 23.9 Å². The minimum atomic E-state index is -1.50. The van der Waals surface area contributed by atoms with Crippen LogP contribution in [-0.4, -0.2) is 74.2 Å². The summed E-state index contributed by atoms with van der Waals surface area (Å²) in [6.07, 6.45) is -4.06. The summed E-state index contributed by atoms with van der Waals surface area (Å²) < 4.78 is 51.6. The Bertz CT molecular complexity index is 911. The molecule has 0 N–H and O–H groups in total. The van der Waals surface area contributed by atoms with Crippen LogP contribution in [0, 0.1) is 5.92 Å². The summed E-state index contributed by atoms with van der Waals surface area (Å²) >= 11 is 0. The molecule has 3 rings (SSSR count). The number of cyclic esters (lactones) is 1. The SMILES string of the molecule is C=C[C@@H]1C2=CCOC(=O)C2=CO[C@H]1O[C@@H]1O[C@H](CF)[C@@H](OC(C)=O)[C@H](OC(C)=O)[C@H]1OC(C)=O. The van der Waals surface area contributed by atoms with E-state index in [4.69, 9.17) is 33.2 Å². The number of fused-ring (bicyclic) bond motifs is 1. The fourth-order valence-electron chi connectivity index (χ4n) is 3.89. The minimum absolute atomic E-state index is 0.0427. The molecule has 0 aromatic rings. The van der Waals surface area contributed by atoms with Crippen LogP contribution in [0.4, 0.5) is 4.39 Å². The summed E-state index contributed by atoms with van der Waals surface area (Å²) in [4.78, 5) is 47.2. The monoisotopic (exact) mass is 484 g/mol. The Labute approximate surface area is 194 Å². The van der Waals surface area contributed by atoms with Gasteiger partial charge in [-0.25, -0.2) is 9.18 Å². The van der Waals surface area contributed by atoms with Crippen LogP contribution < -0.4 is 0 Å². The largest absolute Gasteiger partial charge is 0.471 e. The van der Waals surface area contributed by atoms with Crippen molar-refractivity contribution in [2.75, 3.05) is 13.3 Å². The second kappa shape index (κ2) is 10.8. The first-order valence-corrected chi connectivity index (χ1v) is 10.4. The van der Waals surface area contributed by atoms with Crippen LogP contribution in [0.5, 0.6) is 0 Å². The summed E-state index contributed by atoms with van der Waals surface area (Å²) in [5.41, 5.74) is 0.727. The van der Waals surface area contributed by atoms with Crippen molar-refractivity contribution in [2.24, 2.45) is 5.92 Å². The first-order chi connectivity index (χ1) is 16.2. The lowest BCUT2D eigenvalue weighted by Crippen LogP contribution is -2.63. The van der Waals surface area contributed by atoms with Crippen LogP contribution in [0.25, 0.3) is 0 Å². The number of hydrogen-bond acceptors (Lipinski definition) is 11. The van der Waals surface area contributed by atoms with E-state index in [-0.39, 0.29) is 12.2 Å². The Balaban J connectivity index is 1.94. The van der Waals surface area contributed by atoms with E-state index in [2.05, 4.69) is 6.58 Å². The molecule has 0 saturated carbocycles. The van der Waals surface area contributed by atoms with E-state index >= 15 is 0 Å². The molecule has 0 spiro atoms. The van der Waals surface area contributed by atoms with Gasteiger partial charge < -0.3 is 33.2 Å². The summed E-state index contributed by atoms with van der Waals surface area (Å²) in [5, 5.41) is 0. The van der Waals surface area contributed by atoms with E-state index in [0.29, 0.717) is 5.57 Å². The van der Waals surface area contributed by atoms with Crippen LogP contribution in [0.3, 0.4) is 0 Å². The third-order valence-corrected chi connectivity index (χ3v) is 5.19. The number of hydrogen-bond donors (Lipinski definition) is 0. The number of carbonyl (C=O) groups is 4. The number of carbonyl (C=O) groups excluding carboxylic acids is 4. The smallest absolute Gasteiger partial charge is 0.341 e. The standard InChI is InChI=1S/C22H25FO11/c1-5-13-14-6-7-28-20(27)15(14)9-29-21(13)34-22-19(32-12(4)26)18(31-11(3)25)17(30-10(2)24)16(8-23)33-22/h5-6,9,13,16-19,21-22H,1,7-8H2,2-4H3/t13-,16-,17-,18+,19-,21+,22+/m1/s1. The number of ether oxygens (including phenoxy) is 7. The second-order valence-electron chi connectivity index (χ2n) is 7.61. The lowest BCUT2D eigenvalue weighted by atomic mass is 9.89. The molecule has 34 heavy (non-hydrogen) atoms. The maximum atomic E-state index is 13.9. The van der Waals surface area contributed by atoms with Crippen molar-refractivity contribution < 1.29 is 56.7 Å². The van der Waals surface area contributed by atoms with Crippen molar-refractivity contribution in [3.05, 3.63) is 36.1 Å². The molecule has 0 bridgehead atoms. The van der Waals surface area contributed by atoms with Gasteiger partial charge in [-0.2, -0.15) is 0 Å². The van der Waals surface area contributed by atoms with Gasteiger partial charge in [0.1, 0.15) is 25.6 Å². The second-order valence-corrected chi connectivity index (χ2v) is 7.61. The zero-order valence-electron chi connectivity index (χ0n) is 18.8. The number of rotatable bonds is 7. The Hall–Kier alpha value is -3.25. The molecule has 11 nitrogen and oxygen atoms in total. The summed E-state index contributed by atoms with van der Waals surface area (Å²) in [7, 11) is 0. The highest BCUT2D eigenvalue weighted by atomic mass is 19.1. The van der Waals surface area contributed by atoms with Crippen molar-refractivity contribution in [1.82, 2.24) is 0 Å². The van der Waals surface area contributed by atoms with Gasteiger partial charge in [-0.05, 0) is 11.6 Å². The van der Waals surface area contributed by atoms with E-state index in [1.54, 1.807) is 6.08 Å².